The Morgan fingerprint density at radius 3 is 2.59 bits per heavy atom. The number of nitrogens with zero attached hydrogens (tertiary/aromatic N) is 2. The summed E-state index contributed by atoms with van der Waals surface area (Å²) in [5.74, 6) is 0.456. The van der Waals surface area contributed by atoms with Crippen LogP contribution in [0.15, 0.2) is 53.7 Å². The van der Waals surface area contributed by atoms with Crippen molar-refractivity contribution in [3.63, 3.8) is 0 Å². The van der Waals surface area contributed by atoms with E-state index < -0.39 is 0 Å². The van der Waals surface area contributed by atoms with Crippen LogP contribution in [0.2, 0.25) is 0 Å². The van der Waals surface area contributed by atoms with E-state index in [2.05, 4.69) is 44.9 Å². The van der Waals surface area contributed by atoms with Crippen LogP contribution in [-0.4, -0.2) is 38.8 Å². The zero-order valence-electron chi connectivity index (χ0n) is 18.1. The van der Waals surface area contributed by atoms with Gasteiger partial charge in [-0.15, -0.1) is 5.10 Å². The van der Waals surface area contributed by atoms with Crippen molar-refractivity contribution < 1.29 is 9.59 Å². The number of benzene rings is 2. The second-order valence-electron chi connectivity index (χ2n) is 7.85. The van der Waals surface area contributed by atoms with E-state index in [1.165, 1.54) is 17.3 Å². The smallest absolute Gasteiger partial charge is 0.253 e. The van der Waals surface area contributed by atoms with Crippen molar-refractivity contribution in [3.05, 3.63) is 59.7 Å². The van der Waals surface area contributed by atoms with Crippen molar-refractivity contribution in [2.24, 2.45) is 0 Å². The summed E-state index contributed by atoms with van der Waals surface area (Å²) in [6, 6.07) is 15.5. The van der Waals surface area contributed by atoms with Crippen molar-refractivity contribution in [1.29, 1.82) is 0 Å². The summed E-state index contributed by atoms with van der Waals surface area (Å²) in [6.45, 7) is 2.11. The molecule has 0 radical (unpaired) electrons. The lowest BCUT2D eigenvalue weighted by atomic mass is 10.1. The standard InChI is InChI=1S/C24H27N5O2S/c1-2-16-11-13-17(14-12-16)22-27-24(29-28-22)32-15-21(30)26-20-10-6-5-9-19(20)23(31)25-18-7-3-4-8-18/h5-6,9-14,18H,2-4,7-8,15H2,1H3,(H,25,31)(H,26,30)(H,27,28,29). The molecule has 8 heteroatoms. The molecule has 7 nitrogen and oxygen atoms in total. The van der Waals surface area contributed by atoms with Gasteiger partial charge >= 0.3 is 0 Å². The Bertz CT molecular complexity index is 1070. The predicted molar refractivity (Wildman–Crippen MR) is 127 cm³/mol. The number of nitrogens with one attached hydrogen (secondary N) is 3. The molecule has 1 aliphatic rings. The van der Waals surface area contributed by atoms with Gasteiger partial charge in [-0.3, -0.25) is 14.7 Å². The molecule has 2 amide bonds. The summed E-state index contributed by atoms with van der Waals surface area (Å²) >= 11 is 1.25. The first-order valence-electron chi connectivity index (χ1n) is 11.0. The van der Waals surface area contributed by atoms with Gasteiger partial charge in [-0.2, -0.15) is 0 Å². The lowest BCUT2D eigenvalue weighted by Gasteiger charge is -2.14. The second kappa shape index (κ2) is 10.5. The fourth-order valence-electron chi connectivity index (χ4n) is 3.78. The summed E-state index contributed by atoms with van der Waals surface area (Å²) in [7, 11) is 0. The van der Waals surface area contributed by atoms with E-state index in [0.717, 1.165) is 37.7 Å². The molecule has 0 aliphatic heterocycles. The third kappa shape index (κ3) is 5.56. The van der Waals surface area contributed by atoms with Crippen LogP contribution in [0.4, 0.5) is 5.69 Å². The number of thioether (sulfide) groups is 1. The third-order valence-electron chi connectivity index (χ3n) is 5.57. The molecule has 0 saturated heterocycles. The Hall–Kier alpha value is -3.13. The average molecular weight is 450 g/mol. The van der Waals surface area contributed by atoms with E-state index >= 15 is 0 Å². The van der Waals surface area contributed by atoms with Gasteiger partial charge in [-0.05, 0) is 37.0 Å². The number of hydrogen-bond acceptors (Lipinski definition) is 5. The van der Waals surface area contributed by atoms with Gasteiger partial charge in [0.05, 0.1) is 17.0 Å². The van der Waals surface area contributed by atoms with E-state index in [4.69, 9.17) is 0 Å². The minimum atomic E-state index is -0.213. The second-order valence-corrected chi connectivity index (χ2v) is 8.80. The molecule has 3 aromatic rings. The van der Waals surface area contributed by atoms with Crippen LogP contribution in [0.25, 0.3) is 11.4 Å². The highest BCUT2D eigenvalue weighted by molar-refractivity contribution is 7.99. The summed E-state index contributed by atoms with van der Waals surface area (Å²) in [6.07, 6.45) is 5.30. The predicted octanol–water partition coefficient (Wildman–Crippen LogP) is 4.44. The van der Waals surface area contributed by atoms with Gasteiger partial charge in [0.25, 0.3) is 5.91 Å². The number of carbonyl (C=O) groups excluding carboxylic acids is 2. The van der Waals surface area contributed by atoms with Crippen molar-refractivity contribution in [2.45, 2.75) is 50.2 Å². The monoisotopic (exact) mass is 449 g/mol. The van der Waals surface area contributed by atoms with Crippen molar-refractivity contribution in [2.75, 3.05) is 11.1 Å². The molecule has 0 spiro atoms. The molecule has 0 bridgehead atoms. The maximum atomic E-state index is 12.7. The van der Waals surface area contributed by atoms with Gasteiger partial charge in [0, 0.05) is 11.6 Å². The number of aromatic amines is 1. The van der Waals surface area contributed by atoms with Gasteiger partial charge in [0.1, 0.15) is 0 Å². The maximum absolute atomic E-state index is 12.7. The molecule has 0 unspecified atom stereocenters. The number of anilines is 1. The Balaban J connectivity index is 1.33. The minimum absolute atomic E-state index is 0.143. The van der Waals surface area contributed by atoms with E-state index in [-0.39, 0.29) is 23.6 Å². The van der Waals surface area contributed by atoms with Crippen LogP contribution < -0.4 is 10.6 Å². The molecule has 1 aromatic heterocycles. The number of aromatic nitrogens is 3. The molecule has 4 rings (SSSR count). The number of H-pyrrole nitrogens is 1. The van der Waals surface area contributed by atoms with E-state index in [9.17, 15) is 9.59 Å². The number of amides is 2. The molecular weight excluding hydrogens is 422 g/mol. The SMILES string of the molecule is CCc1ccc(-c2nc(SCC(=O)Nc3ccccc3C(=O)NC3CCCC3)n[nH]2)cc1. The normalized spacial score (nSPS) is 13.8. The van der Waals surface area contributed by atoms with E-state index in [0.29, 0.717) is 22.2 Å². The minimum Gasteiger partial charge on any atom is -0.349 e. The number of aryl methyl sites for hydroxylation is 1. The highest BCUT2D eigenvalue weighted by atomic mass is 32.2. The van der Waals surface area contributed by atoms with Crippen LogP contribution in [0.3, 0.4) is 0 Å². The largest absolute Gasteiger partial charge is 0.349 e. The molecule has 2 aromatic carbocycles. The van der Waals surface area contributed by atoms with Crippen molar-refractivity contribution in [3.8, 4) is 11.4 Å². The number of para-hydroxylation sites is 1. The summed E-state index contributed by atoms with van der Waals surface area (Å²) in [4.78, 5) is 29.7. The van der Waals surface area contributed by atoms with Gasteiger partial charge in [-0.1, -0.05) is 67.9 Å². The lowest BCUT2D eigenvalue weighted by Crippen LogP contribution is -2.33. The van der Waals surface area contributed by atoms with Gasteiger partial charge in [-0.25, -0.2) is 4.98 Å². The summed E-state index contributed by atoms with van der Waals surface area (Å²) < 4.78 is 0. The fraction of sp³-hybridized carbons (Fsp3) is 0.333. The van der Waals surface area contributed by atoms with Gasteiger partial charge in [0.15, 0.2) is 5.82 Å². The summed E-state index contributed by atoms with van der Waals surface area (Å²) in [5, 5.41) is 13.6. The van der Waals surface area contributed by atoms with Crippen LogP contribution in [0, 0.1) is 0 Å². The van der Waals surface area contributed by atoms with Crippen LogP contribution >= 0.6 is 11.8 Å². The number of rotatable bonds is 8. The van der Waals surface area contributed by atoms with E-state index in [1.807, 2.05) is 12.1 Å². The lowest BCUT2D eigenvalue weighted by molar-refractivity contribution is -0.113. The van der Waals surface area contributed by atoms with Crippen molar-refractivity contribution in [1.82, 2.24) is 20.5 Å². The van der Waals surface area contributed by atoms with E-state index in [1.54, 1.807) is 24.3 Å². The molecule has 166 valence electrons. The Labute approximate surface area is 191 Å². The molecule has 0 atom stereocenters. The zero-order chi connectivity index (χ0) is 22.3. The fourth-order valence-corrected chi connectivity index (χ4v) is 4.38. The number of hydrogen-bond donors (Lipinski definition) is 3. The van der Waals surface area contributed by atoms with Crippen LogP contribution in [0.5, 0.6) is 0 Å². The maximum Gasteiger partial charge on any atom is 0.253 e. The Kier molecular flexibility index (Phi) is 7.21. The Morgan fingerprint density at radius 1 is 1.09 bits per heavy atom. The zero-order valence-corrected chi connectivity index (χ0v) is 18.9. The van der Waals surface area contributed by atoms with Crippen molar-refractivity contribution >= 4 is 29.3 Å². The highest BCUT2D eigenvalue weighted by Crippen LogP contribution is 2.22. The average Bonchev–Trinajstić information content (AvgIpc) is 3.50. The molecule has 1 saturated carbocycles. The molecular formula is C24H27N5O2S. The highest BCUT2D eigenvalue weighted by Gasteiger charge is 2.20. The summed E-state index contributed by atoms with van der Waals surface area (Å²) in [5.41, 5.74) is 3.21. The topological polar surface area (TPSA) is 99.8 Å². The third-order valence-corrected chi connectivity index (χ3v) is 6.42. The molecule has 32 heavy (non-hydrogen) atoms. The molecule has 1 heterocycles. The van der Waals surface area contributed by atoms with Gasteiger partial charge < -0.3 is 10.6 Å². The van der Waals surface area contributed by atoms with Crippen LogP contribution in [-0.2, 0) is 11.2 Å². The number of carbonyl (C=O) groups is 2. The first kappa shape index (κ1) is 22.1. The molecule has 1 fully saturated rings. The first-order valence-corrected chi connectivity index (χ1v) is 11.9. The van der Waals surface area contributed by atoms with Gasteiger partial charge in [0.2, 0.25) is 11.1 Å². The molecule has 3 N–H and O–H groups in total. The van der Waals surface area contributed by atoms with Crippen LogP contribution in [0.1, 0.15) is 48.5 Å². The quantitative estimate of drug-likeness (QED) is 0.442. The first-order chi connectivity index (χ1) is 15.6. The molecule has 1 aliphatic carbocycles. The Morgan fingerprint density at radius 2 is 1.84 bits per heavy atom.